The van der Waals surface area contributed by atoms with Crippen molar-refractivity contribution in [1.29, 1.82) is 10.5 Å². The molecule has 24 heteroatoms. The highest BCUT2D eigenvalue weighted by atomic mass is 32.2. The van der Waals surface area contributed by atoms with E-state index in [1.165, 1.54) is 14.1 Å². The first-order valence-corrected chi connectivity index (χ1v) is 27.8. The minimum Gasteiger partial charge on any atom is -0.465 e. The molecule has 0 unspecified atom stereocenters. The standard InChI is InChI=1S/C25H30N2O7S2.C14H16N2O.C9H12N2O6S2/c1-15(2)20-9-17(13-26)10-21(16(3)4)22(20)11-18(28)14-35(30,31)24-8-7-19(36(32,33)27-5)12-23(24)25(29)34-6;1-9(2)12-5-11(7-15)6-13(10(3)4)14(12)16-8-17;1-11-19(15,16)6-3-4-8(18(10,13)14)7(5-6)9(12)17-2/h7-10,12,15-16,27H,11,14H2,1-6H3;5-6,9-10H,1-4H3;3-5,11H,1-2H3,(H2,10,13,14). The number of ether oxygens (including phenoxy) is 2. The Labute approximate surface area is 421 Å². The van der Waals surface area contributed by atoms with E-state index < -0.39 is 84.3 Å². The van der Waals surface area contributed by atoms with Gasteiger partial charge in [-0.3, -0.25) is 4.79 Å². The molecule has 0 aliphatic heterocycles. The van der Waals surface area contributed by atoms with Gasteiger partial charge in [0.1, 0.15) is 5.75 Å². The second kappa shape index (κ2) is 25.8. The van der Waals surface area contributed by atoms with Gasteiger partial charge < -0.3 is 9.47 Å². The van der Waals surface area contributed by atoms with Crippen LogP contribution in [0.4, 0.5) is 5.69 Å². The molecule has 20 nitrogen and oxygen atoms in total. The van der Waals surface area contributed by atoms with Crippen molar-refractivity contribution in [3.63, 3.8) is 0 Å². The van der Waals surface area contributed by atoms with Crippen LogP contribution in [0.5, 0.6) is 0 Å². The third-order valence-electron chi connectivity index (χ3n) is 10.6. The molecule has 0 aliphatic carbocycles. The topological polar surface area (TPSA) is 333 Å². The van der Waals surface area contributed by atoms with E-state index in [1.54, 1.807) is 30.3 Å². The molecule has 0 fully saturated rings. The van der Waals surface area contributed by atoms with Crippen LogP contribution in [-0.2, 0) is 65.4 Å². The van der Waals surface area contributed by atoms with Gasteiger partial charge in [-0.05, 0) is 126 Å². The van der Waals surface area contributed by atoms with Gasteiger partial charge in [-0.15, -0.1) is 0 Å². The monoisotopic (exact) mass is 1070 g/mol. The zero-order chi connectivity index (χ0) is 55.3. The number of nitriles is 2. The number of nitrogens with two attached hydrogens (primary N) is 1. The third kappa shape index (κ3) is 15.8. The lowest BCUT2D eigenvalue weighted by Gasteiger charge is -2.20. The van der Waals surface area contributed by atoms with Crippen molar-refractivity contribution in [2.24, 2.45) is 10.1 Å². The van der Waals surface area contributed by atoms with Crippen molar-refractivity contribution < 1.29 is 62.3 Å². The second-order valence-corrected chi connectivity index (χ2v) is 24.2. The summed E-state index contributed by atoms with van der Waals surface area (Å²) in [7, 11) is -11.9. The first-order valence-electron chi connectivity index (χ1n) is 21.6. The Morgan fingerprint density at radius 3 is 1.29 bits per heavy atom. The summed E-state index contributed by atoms with van der Waals surface area (Å²) >= 11 is 0. The van der Waals surface area contributed by atoms with E-state index in [-0.39, 0.29) is 39.9 Å². The van der Waals surface area contributed by atoms with E-state index in [0.717, 1.165) is 72.9 Å². The zero-order valence-electron chi connectivity index (χ0n) is 41.8. The number of carbonyl (C=O) groups excluding carboxylic acids is 4. The van der Waals surface area contributed by atoms with Crippen LogP contribution in [0.3, 0.4) is 0 Å². The van der Waals surface area contributed by atoms with Crippen LogP contribution in [0.1, 0.15) is 139 Å². The quantitative estimate of drug-likeness (QED) is 0.0631. The molecule has 0 atom stereocenters. The van der Waals surface area contributed by atoms with E-state index in [4.69, 9.17) is 10.4 Å². The van der Waals surface area contributed by atoms with E-state index in [0.29, 0.717) is 22.4 Å². The fraction of sp³-hybridized carbons (Fsp3) is 0.375. The van der Waals surface area contributed by atoms with Crippen molar-refractivity contribution in [3.8, 4) is 12.1 Å². The predicted molar refractivity (Wildman–Crippen MR) is 267 cm³/mol. The normalized spacial score (nSPS) is 11.6. The number of primary sulfonamides is 1. The van der Waals surface area contributed by atoms with Crippen molar-refractivity contribution in [3.05, 3.63) is 111 Å². The Morgan fingerprint density at radius 1 is 0.611 bits per heavy atom. The Kier molecular flexibility index (Phi) is 22.1. The van der Waals surface area contributed by atoms with E-state index >= 15 is 0 Å². The van der Waals surface area contributed by atoms with Gasteiger partial charge >= 0.3 is 11.9 Å². The highest BCUT2D eigenvalue weighted by Crippen LogP contribution is 2.36. The van der Waals surface area contributed by atoms with Crippen LogP contribution in [0, 0.1) is 22.7 Å². The highest BCUT2D eigenvalue weighted by Gasteiger charge is 2.30. The number of esters is 2. The van der Waals surface area contributed by atoms with Crippen LogP contribution in [0.2, 0.25) is 0 Å². The van der Waals surface area contributed by atoms with Crippen LogP contribution >= 0.6 is 0 Å². The average Bonchev–Trinajstić information content (AvgIpc) is 3.32. The van der Waals surface area contributed by atoms with Crippen molar-refractivity contribution in [2.75, 3.05) is 34.1 Å². The maximum Gasteiger partial charge on any atom is 0.339 e. The molecule has 388 valence electrons. The largest absolute Gasteiger partial charge is 0.465 e. The second-order valence-electron chi connectivity index (χ2n) is 16.9. The molecular formula is C48H58N6O14S4. The number of Topliss-reactive ketones (excluding diaryl/α,β-unsaturated/α-hetero) is 1. The average molecular weight is 1070 g/mol. The van der Waals surface area contributed by atoms with Crippen molar-refractivity contribution >= 4 is 69.4 Å². The Hall–Kier alpha value is -6.47. The molecule has 0 spiro atoms. The lowest BCUT2D eigenvalue weighted by atomic mass is 9.85. The zero-order valence-corrected chi connectivity index (χ0v) is 45.0. The summed E-state index contributed by atoms with van der Waals surface area (Å²) in [4.78, 5) is 49.6. The molecular weight excluding hydrogens is 1010 g/mol. The maximum absolute atomic E-state index is 13.2. The van der Waals surface area contributed by atoms with Gasteiger partial charge in [0, 0.05) is 6.42 Å². The lowest BCUT2D eigenvalue weighted by Crippen LogP contribution is -2.23. The van der Waals surface area contributed by atoms with E-state index in [9.17, 15) is 58.1 Å². The number of sulfonamides is 3. The number of carbonyl (C=O) groups is 3. The van der Waals surface area contributed by atoms with Crippen LogP contribution < -0.4 is 14.6 Å². The summed E-state index contributed by atoms with van der Waals surface area (Å²) in [5.41, 5.74) is 4.94. The number of isocyanates is 1. The fourth-order valence-corrected chi connectivity index (χ4v) is 10.7. The molecule has 0 amide bonds. The third-order valence-corrected chi connectivity index (χ3v) is 16.1. The molecule has 4 aromatic rings. The summed E-state index contributed by atoms with van der Waals surface area (Å²) in [6.07, 6.45) is 1.43. The molecule has 0 radical (unpaired) electrons. The van der Waals surface area contributed by atoms with Gasteiger partial charge in [-0.2, -0.15) is 15.5 Å². The van der Waals surface area contributed by atoms with Crippen molar-refractivity contribution in [1.82, 2.24) is 9.44 Å². The first kappa shape index (κ1) is 61.6. The van der Waals surface area contributed by atoms with Gasteiger partial charge in [0.05, 0.1) is 73.9 Å². The fourth-order valence-electron chi connectivity index (χ4n) is 7.00. The van der Waals surface area contributed by atoms with Crippen LogP contribution in [-0.4, -0.2) is 91.5 Å². The number of benzene rings is 4. The number of sulfone groups is 1. The van der Waals surface area contributed by atoms with E-state index in [1.807, 2.05) is 60.1 Å². The molecule has 4 aromatic carbocycles. The van der Waals surface area contributed by atoms with Gasteiger partial charge in [-0.1, -0.05) is 55.4 Å². The number of hydrogen-bond donors (Lipinski definition) is 3. The van der Waals surface area contributed by atoms with E-state index in [2.05, 4.69) is 31.3 Å². The van der Waals surface area contributed by atoms with Gasteiger partial charge in [0.25, 0.3) is 0 Å². The summed E-state index contributed by atoms with van der Waals surface area (Å²) in [6, 6.07) is 17.1. The van der Waals surface area contributed by atoms with Crippen LogP contribution in [0.25, 0.3) is 0 Å². The molecule has 0 heterocycles. The molecule has 0 saturated carbocycles. The van der Waals surface area contributed by atoms with Gasteiger partial charge in [0.15, 0.2) is 15.6 Å². The van der Waals surface area contributed by atoms with Crippen molar-refractivity contribution in [2.45, 2.75) is 105 Å². The molecule has 72 heavy (non-hydrogen) atoms. The predicted octanol–water partition coefficient (Wildman–Crippen LogP) is 5.89. The minimum atomic E-state index is -4.33. The number of methoxy groups -OCH3 is 2. The summed E-state index contributed by atoms with van der Waals surface area (Å²) in [5.74, 6) is -3.15. The highest BCUT2D eigenvalue weighted by molar-refractivity contribution is 7.92. The number of aliphatic imine (C=N–C) groups is 1. The Balaban J connectivity index is 0.000000413. The number of rotatable bonds is 17. The summed E-state index contributed by atoms with van der Waals surface area (Å²) in [5, 5.41) is 23.4. The number of nitrogens with zero attached hydrogens (tertiary/aromatic N) is 3. The molecule has 0 aliphatic rings. The number of hydrogen-bond acceptors (Lipinski definition) is 17. The molecule has 0 saturated heterocycles. The number of ketones is 1. The molecule has 0 aromatic heterocycles. The minimum absolute atomic E-state index is 0.0113. The molecule has 0 bridgehead atoms. The Bertz CT molecular complexity index is 3260. The van der Waals surface area contributed by atoms with Crippen LogP contribution in [0.15, 0.2) is 85.2 Å². The summed E-state index contributed by atoms with van der Waals surface area (Å²) < 4.78 is 110. The maximum atomic E-state index is 13.2. The van der Waals surface area contributed by atoms with Gasteiger partial charge in [0.2, 0.25) is 36.1 Å². The molecule has 4 N–H and O–H groups in total. The lowest BCUT2D eigenvalue weighted by molar-refractivity contribution is -0.116. The SMILES string of the molecule is CC(C)c1cc(C#N)cc(C(C)C)c1N=C=O.CNS(=O)(=O)c1ccc(S(=O)(=O)CC(=O)Cc2c(C(C)C)cc(C#N)cc2C(C)C)c(C(=O)OC)c1.CNS(=O)(=O)c1ccc(S(N)(=O)=O)c(C(=O)OC)c1. The summed E-state index contributed by atoms with van der Waals surface area (Å²) in [6.45, 7) is 15.8. The smallest absolute Gasteiger partial charge is 0.339 e. The Morgan fingerprint density at radius 2 is 0.972 bits per heavy atom. The number of nitrogens with one attached hydrogen (secondary N) is 2. The first-order chi connectivity index (χ1) is 33.3. The molecule has 4 rings (SSSR count). The van der Waals surface area contributed by atoms with Gasteiger partial charge in [-0.25, -0.2) is 62.6 Å².